The molecule has 0 saturated carbocycles. The molecule has 2 aromatic carbocycles. The normalized spacial score (nSPS) is 17.1. The molecule has 1 saturated heterocycles. The summed E-state index contributed by atoms with van der Waals surface area (Å²) in [5.74, 6) is 1.26. The molecular weight excluding hydrogens is 527 g/mol. The zero-order valence-electron chi connectivity index (χ0n) is 19.9. The van der Waals surface area contributed by atoms with E-state index in [9.17, 15) is 4.79 Å². The highest BCUT2D eigenvalue weighted by Gasteiger charge is 2.41. The van der Waals surface area contributed by atoms with E-state index in [1.807, 2.05) is 72.5 Å². The van der Waals surface area contributed by atoms with Gasteiger partial charge in [0.15, 0.2) is 5.11 Å². The van der Waals surface area contributed by atoms with Crippen molar-refractivity contribution in [2.75, 3.05) is 11.9 Å². The van der Waals surface area contributed by atoms with Gasteiger partial charge in [-0.1, -0.05) is 47.5 Å². The average Bonchev–Trinajstić information content (AvgIpc) is 3.51. The number of aromatic nitrogens is 1. The number of thiocarbonyl (C=S) groups is 1. The number of nitrogens with zero attached hydrogens (tertiary/aromatic N) is 2. The van der Waals surface area contributed by atoms with E-state index in [1.165, 1.54) is 0 Å². The van der Waals surface area contributed by atoms with Gasteiger partial charge in [-0.2, -0.15) is 0 Å². The number of para-hydroxylation sites is 1. The number of anilines is 1. The molecular formula is C28H24Cl2N4O2S. The average molecular weight is 551 g/mol. The van der Waals surface area contributed by atoms with Crippen LogP contribution >= 0.6 is 35.4 Å². The third kappa shape index (κ3) is 5.49. The van der Waals surface area contributed by atoms with E-state index in [2.05, 4.69) is 15.6 Å². The summed E-state index contributed by atoms with van der Waals surface area (Å²) in [6.45, 7) is 2.37. The summed E-state index contributed by atoms with van der Waals surface area (Å²) >= 11 is 18.0. The molecule has 0 radical (unpaired) electrons. The first-order valence-electron chi connectivity index (χ1n) is 11.8. The number of carbonyl (C=O) groups is 1. The Labute approximate surface area is 230 Å². The Balaban J connectivity index is 1.41. The first-order chi connectivity index (χ1) is 17.9. The fraction of sp³-hybridized carbons (Fsp3) is 0.179. The van der Waals surface area contributed by atoms with Gasteiger partial charge >= 0.3 is 0 Å². The van der Waals surface area contributed by atoms with Crippen molar-refractivity contribution in [1.29, 1.82) is 0 Å². The molecule has 2 N–H and O–H groups in total. The van der Waals surface area contributed by atoms with E-state index in [0.717, 1.165) is 22.5 Å². The first kappa shape index (κ1) is 25.3. The number of hydrogen-bond donors (Lipinski definition) is 2. The summed E-state index contributed by atoms with van der Waals surface area (Å²) in [5.41, 5.74) is 3.45. The van der Waals surface area contributed by atoms with Gasteiger partial charge in [-0.15, -0.1) is 0 Å². The Morgan fingerprint density at radius 2 is 1.89 bits per heavy atom. The zero-order chi connectivity index (χ0) is 25.9. The second kappa shape index (κ2) is 10.9. The summed E-state index contributed by atoms with van der Waals surface area (Å²) in [7, 11) is 0. The maximum Gasteiger partial charge on any atom is 0.226 e. The number of pyridine rings is 1. The van der Waals surface area contributed by atoms with Crippen molar-refractivity contribution in [3.05, 3.63) is 106 Å². The number of hydrogen-bond acceptors (Lipinski definition) is 4. The van der Waals surface area contributed by atoms with Crippen LogP contribution in [0.3, 0.4) is 0 Å². The maximum absolute atomic E-state index is 12.8. The van der Waals surface area contributed by atoms with Gasteiger partial charge in [0.2, 0.25) is 5.91 Å². The van der Waals surface area contributed by atoms with Gasteiger partial charge in [-0.3, -0.25) is 9.78 Å². The van der Waals surface area contributed by atoms with Crippen molar-refractivity contribution in [3.8, 4) is 11.3 Å². The van der Waals surface area contributed by atoms with Crippen LogP contribution in [0.5, 0.6) is 0 Å². The predicted octanol–water partition coefficient (Wildman–Crippen LogP) is 6.96. The molecule has 0 spiro atoms. The lowest BCUT2D eigenvalue weighted by Crippen LogP contribution is -2.32. The summed E-state index contributed by atoms with van der Waals surface area (Å²) < 4.78 is 6.33. The highest BCUT2D eigenvalue weighted by atomic mass is 35.5. The number of aryl methyl sites for hydroxylation is 1. The van der Waals surface area contributed by atoms with Gasteiger partial charge in [0.25, 0.3) is 0 Å². The second-order valence-corrected chi connectivity index (χ2v) is 9.97. The molecule has 0 bridgehead atoms. The minimum absolute atomic E-state index is 0.0897. The SMILES string of the molecule is Cc1ccccc1NC(=O)CCN1C(=S)NC(c2ccccn2)C1c1ccc(-c2ccc(Cl)c(Cl)c2)o1. The second-order valence-electron chi connectivity index (χ2n) is 8.76. The molecule has 9 heteroatoms. The lowest BCUT2D eigenvalue weighted by Gasteiger charge is -2.26. The molecule has 2 aromatic heterocycles. The monoisotopic (exact) mass is 550 g/mol. The van der Waals surface area contributed by atoms with Crippen LogP contribution in [0.1, 0.15) is 35.5 Å². The van der Waals surface area contributed by atoms with Crippen LogP contribution in [0.2, 0.25) is 10.0 Å². The number of halogens is 2. The third-order valence-corrected chi connectivity index (χ3v) is 7.41. The number of furan rings is 1. The zero-order valence-corrected chi connectivity index (χ0v) is 22.3. The van der Waals surface area contributed by atoms with Crippen molar-refractivity contribution in [1.82, 2.24) is 15.2 Å². The third-order valence-electron chi connectivity index (χ3n) is 6.32. The fourth-order valence-electron chi connectivity index (χ4n) is 4.42. The molecule has 2 unspecified atom stereocenters. The molecule has 2 atom stereocenters. The van der Waals surface area contributed by atoms with E-state index < -0.39 is 0 Å². The molecule has 5 rings (SSSR count). The first-order valence-corrected chi connectivity index (χ1v) is 13.0. The van der Waals surface area contributed by atoms with Gasteiger partial charge in [-0.25, -0.2) is 0 Å². The van der Waals surface area contributed by atoms with Crippen molar-refractivity contribution in [2.45, 2.75) is 25.4 Å². The molecule has 1 aliphatic heterocycles. The predicted molar refractivity (Wildman–Crippen MR) is 151 cm³/mol. The van der Waals surface area contributed by atoms with Crippen LogP contribution in [0.15, 0.2) is 83.4 Å². The van der Waals surface area contributed by atoms with Gasteiger partial charge in [0.05, 0.1) is 21.8 Å². The molecule has 37 heavy (non-hydrogen) atoms. The van der Waals surface area contributed by atoms with Crippen LogP contribution < -0.4 is 10.6 Å². The molecule has 1 fully saturated rings. The molecule has 4 aromatic rings. The van der Waals surface area contributed by atoms with Crippen LogP contribution in [0, 0.1) is 6.92 Å². The summed E-state index contributed by atoms with van der Waals surface area (Å²) in [6.07, 6.45) is 2.00. The molecule has 3 heterocycles. The quantitative estimate of drug-likeness (QED) is 0.242. The Morgan fingerprint density at radius 3 is 2.65 bits per heavy atom. The van der Waals surface area contributed by atoms with Gasteiger partial charge in [-0.05, 0) is 73.2 Å². The Hall–Kier alpha value is -3.39. The highest BCUT2D eigenvalue weighted by Crippen LogP contribution is 2.41. The van der Waals surface area contributed by atoms with Crippen molar-refractivity contribution in [3.63, 3.8) is 0 Å². The molecule has 0 aliphatic carbocycles. The van der Waals surface area contributed by atoms with Gasteiger partial charge in [0, 0.05) is 30.4 Å². The standard InChI is InChI=1S/C28H24Cl2N4O2S/c1-17-6-2-3-7-21(17)32-25(35)13-15-34-27(26(33-28(34)37)22-8-4-5-14-31-22)24-12-11-23(36-24)18-9-10-19(29)20(30)16-18/h2-12,14,16,26-27H,13,15H2,1H3,(H,32,35)(H,33,37). The Morgan fingerprint density at radius 1 is 1.08 bits per heavy atom. The Bertz CT molecular complexity index is 1440. The van der Waals surface area contributed by atoms with E-state index in [1.54, 1.807) is 18.3 Å². The number of benzene rings is 2. The van der Waals surface area contributed by atoms with E-state index in [-0.39, 0.29) is 24.4 Å². The molecule has 1 aliphatic rings. The van der Waals surface area contributed by atoms with E-state index in [4.69, 9.17) is 39.8 Å². The van der Waals surface area contributed by atoms with E-state index >= 15 is 0 Å². The van der Waals surface area contributed by atoms with Crippen LogP contribution in [-0.2, 0) is 4.79 Å². The largest absolute Gasteiger partial charge is 0.459 e. The van der Waals surface area contributed by atoms with Crippen molar-refractivity contribution >= 4 is 52.1 Å². The topological polar surface area (TPSA) is 70.4 Å². The number of amides is 1. The maximum atomic E-state index is 12.8. The van der Waals surface area contributed by atoms with Crippen molar-refractivity contribution in [2.24, 2.45) is 0 Å². The number of nitrogens with one attached hydrogen (secondary N) is 2. The number of carbonyl (C=O) groups excluding carboxylic acids is 1. The number of rotatable bonds is 7. The van der Waals surface area contributed by atoms with Crippen LogP contribution in [0.4, 0.5) is 5.69 Å². The minimum atomic E-state index is -0.301. The smallest absolute Gasteiger partial charge is 0.226 e. The summed E-state index contributed by atoms with van der Waals surface area (Å²) in [5, 5.41) is 7.85. The molecule has 188 valence electrons. The van der Waals surface area contributed by atoms with Crippen LogP contribution in [-0.4, -0.2) is 27.4 Å². The van der Waals surface area contributed by atoms with Crippen molar-refractivity contribution < 1.29 is 9.21 Å². The summed E-state index contributed by atoms with van der Waals surface area (Å²) in [4.78, 5) is 19.4. The van der Waals surface area contributed by atoms with E-state index in [0.29, 0.717) is 33.2 Å². The molecule has 1 amide bonds. The summed E-state index contributed by atoms with van der Waals surface area (Å²) in [6, 6.07) is 22.1. The minimum Gasteiger partial charge on any atom is -0.459 e. The molecule has 6 nitrogen and oxygen atoms in total. The van der Waals surface area contributed by atoms with Crippen LogP contribution in [0.25, 0.3) is 11.3 Å². The van der Waals surface area contributed by atoms with Gasteiger partial charge in [0.1, 0.15) is 17.6 Å². The Kier molecular flexibility index (Phi) is 7.46. The lowest BCUT2D eigenvalue weighted by molar-refractivity contribution is -0.116. The lowest BCUT2D eigenvalue weighted by atomic mass is 10.0. The highest BCUT2D eigenvalue weighted by molar-refractivity contribution is 7.80. The fourth-order valence-corrected chi connectivity index (χ4v) is 5.05. The van der Waals surface area contributed by atoms with Gasteiger partial charge < -0.3 is 20.0 Å².